The Labute approximate surface area is 204 Å². The fourth-order valence-electron chi connectivity index (χ4n) is 3.29. The van der Waals surface area contributed by atoms with Crippen LogP contribution in [-0.2, 0) is 10.8 Å². The average molecular weight is 512 g/mol. The molecular formula is C23H29Cl2FN4O2Si. The van der Waals surface area contributed by atoms with Crippen molar-refractivity contribution in [2.45, 2.75) is 65.1 Å². The van der Waals surface area contributed by atoms with Crippen molar-refractivity contribution in [2.24, 2.45) is 0 Å². The lowest BCUT2D eigenvalue weighted by atomic mass is 10.0. The second kappa shape index (κ2) is 9.41. The van der Waals surface area contributed by atoms with Crippen LogP contribution in [0.4, 0.5) is 4.39 Å². The lowest BCUT2D eigenvalue weighted by Crippen LogP contribution is -2.41. The first-order valence-electron chi connectivity index (χ1n) is 10.8. The summed E-state index contributed by atoms with van der Waals surface area (Å²) in [5, 5.41) is -0.210. The van der Waals surface area contributed by atoms with Gasteiger partial charge in [0.25, 0.3) is 0 Å². The number of hydrogen-bond donors (Lipinski definition) is 0. The van der Waals surface area contributed by atoms with Gasteiger partial charge in [-0.25, -0.2) is 18.7 Å². The maximum absolute atomic E-state index is 14.1. The second-order valence-electron chi connectivity index (χ2n) is 9.87. The summed E-state index contributed by atoms with van der Waals surface area (Å²) in [6.45, 7) is 15.4. The highest BCUT2D eigenvalue weighted by atomic mass is 35.5. The summed E-state index contributed by atoms with van der Waals surface area (Å²) in [6.07, 6.45) is 2.27. The van der Waals surface area contributed by atoms with Crippen LogP contribution in [0, 0.1) is 5.82 Å². The highest BCUT2D eigenvalue weighted by Gasteiger charge is 2.37. The zero-order valence-electron chi connectivity index (χ0n) is 20.0. The normalized spacial score (nSPS) is 12.7. The zero-order chi connectivity index (χ0) is 24.7. The lowest BCUT2D eigenvalue weighted by molar-refractivity contribution is 0.292. The van der Waals surface area contributed by atoms with E-state index in [0.29, 0.717) is 24.4 Å². The van der Waals surface area contributed by atoms with Gasteiger partial charge in [0.05, 0.1) is 16.8 Å². The van der Waals surface area contributed by atoms with E-state index < -0.39 is 19.8 Å². The number of fused-ring (bicyclic) bond motifs is 1. The second-order valence-corrected chi connectivity index (χ2v) is 15.4. The molecule has 0 aliphatic heterocycles. The van der Waals surface area contributed by atoms with Crippen LogP contribution in [0.25, 0.3) is 16.7 Å². The summed E-state index contributed by atoms with van der Waals surface area (Å²) in [7, 11) is -1.95. The molecule has 0 aliphatic carbocycles. The van der Waals surface area contributed by atoms with Crippen LogP contribution < -0.4 is 5.69 Å². The summed E-state index contributed by atoms with van der Waals surface area (Å²) in [4.78, 5) is 25.7. The Morgan fingerprint density at radius 2 is 1.85 bits per heavy atom. The molecule has 3 aromatic heterocycles. The minimum absolute atomic E-state index is 0.00481. The molecule has 0 radical (unpaired) electrons. The van der Waals surface area contributed by atoms with Gasteiger partial charge in [0.2, 0.25) is 0 Å². The van der Waals surface area contributed by atoms with Crippen LogP contribution in [0.5, 0.6) is 0 Å². The summed E-state index contributed by atoms with van der Waals surface area (Å²) in [5.74, 6) is -0.744. The maximum Gasteiger partial charge on any atom is 0.355 e. The molecule has 0 atom stereocenters. The first-order valence-corrected chi connectivity index (χ1v) is 14.5. The Balaban J connectivity index is 2.20. The first kappa shape index (κ1) is 25.7. The van der Waals surface area contributed by atoms with Gasteiger partial charge in [-0.05, 0) is 48.2 Å². The quantitative estimate of drug-likeness (QED) is 0.220. The molecule has 0 aliphatic rings. The van der Waals surface area contributed by atoms with Gasteiger partial charge in [0, 0.05) is 12.8 Å². The Bertz CT molecular complexity index is 1260. The monoisotopic (exact) mass is 510 g/mol. The lowest BCUT2D eigenvalue weighted by Gasteiger charge is -2.36. The minimum atomic E-state index is -1.95. The van der Waals surface area contributed by atoms with Crippen molar-refractivity contribution in [3.8, 4) is 5.69 Å². The molecule has 0 amide bonds. The Morgan fingerprint density at radius 1 is 1.18 bits per heavy atom. The predicted molar refractivity (Wildman–Crippen MR) is 134 cm³/mol. The van der Waals surface area contributed by atoms with Crippen molar-refractivity contribution in [2.75, 3.05) is 6.61 Å². The van der Waals surface area contributed by atoms with E-state index in [0.717, 1.165) is 11.6 Å². The third-order valence-electron chi connectivity index (χ3n) is 6.18. The molecule has 0 saturated carbocycles. The molecule has 3 rings (SSSR count). The maximum atomic E-state index is 14.1. The summed E-state index contributed by atoms with van der Waals surface area (Å²) in [6, 6.07) is 3.00. The average Bonchev–Trinajstić information content (AvgIpc) is 2.69. The van der Waals surface area contributed by atoms with Gasteiger partial charge in [-0.3, -0.25) is 4.98 Å². The van der Waals surface area contributed by atoms with Crippen LogP contribution in [0.15, 0.2) is 23.1 Å². The number of hydrogen-bond acceptors (Lipinski definition) is 5. The molecule has 10 heteroatoms. The molecule has 33 heavy (non-hydrogen) atoms. The summed E-state index contributed by atoms with van der Waals surface area (Å²) >= 11 is 12.1. The summed E-state index contributed by atoms with van der Waals surface area (Å²) < 4.78 is 21.8. The third-order valence-corrected chi connectivity index (χ3v) is 11.3. The van der Waals surface area contributed by atoms with E-state index in [4.69, 9.17) is 27.6 Å². The van der Waals surface area contributed by atoms with E-state index in [1.54, 1.807) is 6.20 Å². The van der Waals surface area contributed by atoms with Crippen molar-refractivity contribution in [3.63, 3.8) is 0 Å². The molecule has 0 N–H and O–H groups in total. The third kappa shape index (κ3) is 5.14. The molecule has 178 valence electrons. The molecule has 0 fully saturated rings. The van der Waals surface area contributed by atoms with Crippen molar-refractivity contribution < 1.29 is 8.82 Å². The van der Waals surface area contributed by atoms with Gasteiger partial charge in [-0.15, -0.1) is 0 Å². The molecule has 0 unspecified atom stereocenters. The van der Waals surface area contributed by atoms with Crippen molar-refractivity contribution in [1.82, 2.24) is 19.5 Å². The van der Waals surface area contributed by atoms with Crippen LogP contribution in [0.2, 0.25) is 28.4 Å². The van der Waals surface area contributed by atoms with Crippen molar-refractivity contribution in [3.05, 3.63) is 56.2 Å². The van der Waals surface area contributed by atoms with Crippen LogP contribution in [0.1, 0.15) is 51.8 Å². The van der Waals surface area contributed by atoms with E-state index in [1.807, 2.05) is 19.9 Å². The Hall–Kier alpha value is -1.87. The van der Waals surface area contributed by atoms with Gasteiger partial charge < -0.3 is 4.43 Å². The number of rotatable bonds is 6. The topological polar surface area (TPSA) is 69.9 Å². The number of pyridine rings is 2. The van der Waals surface area contributed by atoms with E-state index in [9.17, 15) is 9.18 Å². The van der Waals surface area contributed by atoms with Crippen LogP contribution >= 0.6 is 23.2 Å². The van der Waals surface area contributed by atoms with E-state index in [-0.39, 0.29) is 32.3 Å². The highest BCUT2D eigenvalue weighted by Crippen LogP contribution is 2.37. The molecule has 0 aromatic carbocycles. The van der Waals surface area contributed by atoms with Crippen molar-refractivity contribution >= 4 is 42.6 Å². The predicted octanol–water partition coefficient (Wildman–Crippen LogP) is 6.31. The highest BCUT2D eigenvalue weighted by molar-refractivity contribution is 6.74. The number of halogens is 3. The van der Waals surface area contributed by atoms with Crippen LogP contribution in [-0.4, -0.2) is 34.4 Å². The van der Waals surface area contributed by atoms with Gasteiger partial charge in [-0.2, -0.15) is 4.98 Å². The van der Waals surface area contributed by atoms with E-state index in [1.165, 1.54) is 4.57 Å². The minimum Gasteiger partial charge on any atom is -0.416 e. The largest absolute Gasteiger partial charge is 0.416 e. The zero-order valence-corrected chi connectivity index (χ0v) is 22.5. The Kier molecular flexibility index (Phi) is 7.34. The molecule has 3 aromatic rings. The van der Waals surface area contributed by atoms with E-state index >= 15 is 0 Å². The molecule has 0 spiro atoms. The fraction of sp³-hybridized carbons (Fsp3) is 0.478. The number of nitrogens with zero attached hydrogens (tertiary/aromatic N) is 4. The molecule has 3 heterocycles. The standard InChI is InChI=1S/C23H29Cl2FN4O2Si/c1-13(2)17-18(14(8-10-27-17)9-11-32-33(6,7)23(3,4)5)30-21-15(19(24)29-22(30)31)12-16(26)20(25)28-21/h8,10,12-13H,9,11H2,1-7H3. The van der Waals surface area contributed by atoms with Gasteiger partial charge in [-0.1, -0.05) is 57.8 Å². The Morgan fingerprint density at radius 3 is 2.45 bits per heavy atom. The number of aromatic nitrogens is 4. The SMILES string of the molecule is CC(C)c1nccc(CCO[Si](C)(C)C(C)(C)C)c1-n1c(=O)nc(Cl)c2cc(F)c(Cl)nc21. The van der Waals surface area contributed by atoms with Gasteiger partial charge in [0.1, 0.15) is 5.15 Å². The first-order chi connectivity index (χ1) is 15.2. The molecule has 0 saturated heterocycles. The van der Waals surface area contributed by atoms with E-state index in [2.05, 4.69) is 48.8 Å². The smallest absolute Gasteiger partial charge is 0.355 e. The van der Waals surface area contributed by atoms with Gasteiger partial charge in [0.15, 0.2) is 24.9 Å². The van der Waals surface area contributed by atoms with Crippen molar-refractivity contribution in [1.29, 1.82) is 0 Å². The fourth-order valence-corrected chi connectivity index (χ4v) is 4.68. The summed E-state index contributed by atoms with van der Waals surface area (Å²) in [5.41, 5.74) is 1.59. The van der Waals surface area contributed by atoms with Gasteiger partial charge >= 0.3 is 5.69 Å². The van der Waals surface area contributed by atoms with Crippen LogP contribution in [0.3, 0.4) is 0 Å². The molecular weight excluding hydrogens is 482 g/mol. The molecule has 0 bridgehead atoms. The molecule has 6 nitrogen and oxygen atoms in total.